The Labute approximate surface area is 486 Å². The number of aldehydes is 1. The average Bonchev–Trinajstić information content (AvgIpc) is 4.43. The number of nitrogens with one attached hydrogen (secondary N) is 2. The fourth-order valence-electron chi connectivity index (χ4n) is 7.19. The average molecular weight is 1170 g/mol. The highest BCUT2D eigenvalue weighted by Gasteiger charge is 2.20. The molecule has 82 heavy (non-hydrogen) atoms. The maximum absolute atomic E-state index is 12.4. The van der Waals surface area contributed by atoms with Gasteiger partial charge >= 0.3 is 5.69 Å². The summed E-state index contributed by atoms with van der Waals surface area (Å²) >= 11 is 11.7. The number of para-hydroxylation sites is 7. The number of aliphatic imine (C=N–C) groups is 2. The summed E-state index contributed by atoms with van der Waals surface area (Å²) in [6, 6.07) is 42.6. The topological polar surface area (TPSA) is 279 Å². The number of nitro groups is 2. The van der Waals surface area contributed by atoms with E-state index in [1.54, 1.807) is 46.6 Å². The number of aromatic nitrogens is 2. The van der Waals surface area contributed by atoms with Gasteiger partial charge in [-0.25, -0.2) is 9.98 Å². The van der Waals surface area contributed by atoms with Crippen LogP contribution in [-0.4, -0.2) is 124 Å². The van der Waals surface area contributed by atoms with E-state index < -0.39 is 21.4 Å². The third-order valence-electron chi connectivity index (χ3n) is 11.1. The Bertz CT molecular complexity index is 3180. The molecule has 7 aromatic rings. The highest BCUT2D eigenvalue weighted by atomic mass is 35.5. The van der Waals surface area contributed by atoms with Crippen LogP contribution in [-0.2, 0) is 30.3 Å². The van der Waals surface area contributed by atoms with Gasteiger partial charge in [-0.05, 0) is 77.9 Å². The zero-order valence-electron chi connectivity index (χ0n) is 46.3. The molecule has 0 amide bonds. The number of hydrogen-bond donors (Lipinski definition) is 5. The van der Waals surface area contributed by atoms with E-state index in [4.69, 9.17) is 59.0 Å². The molecule has 0 aliphatic carbocycles. The second kappa shape index (κ2) is 39.2. The number of halogens is 3. The lowest BCUT2D eigenvalue weighted by molar-refractivity contribution is -0.387. The zero-order chi connectivity index (χ0) is 60.1. The SMILES string of the molecule is CO.COCCN.COCCNc1ccccc1N.COCCNc1ccccc1[N+](=O)[O-].COCCn1c(C2=CN=C(c3ccc(Cl)cc3)C2)nc2ccccc21.O=CC1=CCC(c2ccc(Cl)cc2)=N1.O=[N+]([O-])c1ccccc1F. The lowest BCUT2D eigenvalue weighted by Crippen LogP contribution is -2.08. The summed E-state index contributed by atoms with van der Waals surface area (Å²) in [5.74, 6) is 0.165. The monoisotopic (exact) mass is 1170 g/mol. The Hall–Kier alpha value is -8.25. The first-order valence-electron chi connectivity index (χ1n) is 25.3. The molecule has 0 atom stereocenters. The van der Waals surface area contributed by atoms with Crippen LogP contribution in [0.25, 0.3) is 16.6 Å². The quantitative estimate of drug-likeness (QED) is 0.0165. The number of hydrogen-bond acceptors (Lipinski definition) is 17. The minimum Gasteiger partial charge on any atom is -0.400 e. The predicted molar refractivity (Wildman–Crippen MR) is 326 cm³/mol. The fraction of sp³-hybridized carbons (Fsp3) is 0.254. The van der Waals surface area contributed by atoms with Crippen molar-refractivity contribution >= 4 is 86.0 Å². The summed E-state index contributed by atoms with van der Waals surface area (Å²) < 4.78 is 34.2. The second-order valence-electron chi connectivity index (χ2n) is 16.7. The first-order chi connectivity index (χ1) is 39.8. The van der Waals surface area contributed by atoms with Gasteiger partial charge in [0.1, 0.15) is 11.5 Å². The molecular formula is C59H69Cl2FN10O10. The van der Waals surface area contributed by atoms with Gasteiger partial charge in [-0.2, -0.15) is 4.39 Å². The molecule has 3 heterocycles. The Morgan fingerprint density at radius 3 is 1.71 bits per heavy atom. The number of nitro benzene ring substituents is 2. The smallest absolute Gasteiger partial charge is 0.304 e. The summed E-state index contributed by atoms with van der Waals surface area (Å²) in [4.78, 5) is 43.5. The van der Waals surface area contributed by atoms with Gasteiger partial charge in [-0.1, -0.05) is 96.0 Å². The molecule has 436 valence electrons. The number of carbonyl (C=O) groups excluding carboxylic acids is 1. The number of anilines is 3. The van der Waals surface area contributed by atoms with E-state index in [1.807, 2.05) is 103 Å². The Morgan fingerprint density at radius 1 is 0.683 bits per heavy atom. The van der Waals surface area contributed by atoms with Crippen LogP contribution in [0.3, 0.4) is 0 Å². The molecule has 2 aliphatic heterocycles. The number of aliphatic hydroxyl groups excluding tert-OH is 1. The van der Waals surface area contributed by atoms with Crippen LogP contribution in [0.15, 0.2) is 174 Å². The van der Waals surface area contributed by atoms with E-state index in [1.165, 1.54) is 18.2 Å². The van der Waals surface area contributed by atoms with E-state index in [2.05, 4.69) is 36.0 Å². The molecule has 6 aromatic carbocycles. The number of ether oxygens (including phenoxy) is 4. The molecule has 0 saturated heterocycles. The van der Waals surface area contributed by atoms with Gasteiger partial charge in [0.2, 0.25) is 5.82 Å². The second-order valence-corrected chi connectivity index (χ2v) is 17.6. The van der Waals surface area contributed by atoms with E-state index in [0.717, 1.165) is 113 Å². The van der Waals surface area contributed by atoms with Crippen LogP contribution < -0.4 is 22.1 Å². The van der Waals surface area contributed by atoms with Crippen molar-refractivity contribution in [1.29, 1.82) is 0 Å². The predicted octanol–water partition coefficient (Wildman–Crippen LogP) is 11.1. The van der Waals surface area contributed by atoms with Gasteiger partial charge in [0.05, 0.1) is 75.8 Å². The molecule has 7 N–H and O–H groups in total. The maximum Gasteiger partial charge on any atom is 0.304 e. The lowest BCUT2D eigenvalue weighted by Gasteiger charge is -2.09. The van der Waals surface area contributed by atoms with Crippen molar-refractivity contribution < 1.29 is 43.1 Å². The molecule has 2 aliphatic rings. The summed E-state index contributed by atoms with van der Waals surface area (Å²) in [6.07, 6.45) is 5.99. The molecule has 0 radical (unpaired) electrons. The van der Waals surface area contributed by atoms with Gasteiger partial charge in [-0.3, -0.25) is 30.0 Å². The van der Waals surface area contributed by atoms with Crippen LogP contribution in [0.1, 0.15) is 29.8 Å². The van der Waals surface area contributed by atoms with E-state index in [0.29, 0.717) is 55.9 Å². The molecule has 23 heteroatoms. The largest absolute Gasteiger partial charge is 0.400 e. The summed E-state index contributed by atoms with van der Waals surface area (Å²) in [5, 5.41) is 35.1. The number of rotatable bonds is 19. The molecule has 0 spiro atoms. The minimum atomic E-state index is -0.799. The lowest BCUT2D eigenvalue weighted by atomic mass is 10.0. The number of imidazole rings is 1. The number of nitrogen functional groups attached to an aromatic ring is 1. The van der Waals surface area contributed by atoms with Crippen LogP contribution in [0, 0.1) is 26.0 Å². The standard InChI is InChI=1S/C20H18ClN3O.C11H8ClNO.C9H12N2O3.C9H14N2O.C6H4FNO2.C3H9NO.CH4O/c1-25-11-10-24-19-5-3-2-4-17(19)23-20(24)15-12-18(22-13-15)14-6-8-16(21)9-7-14;12-9-3-1-8(2-4-9)11-6-5-10(7-14)13-11;1-14-7-6-10-8-4-2-3-5-9(8)11(12)13;1-12-7-6-11-9-5-3-2-4-8(9)10;7-5-3-1-2-4-6(5)8(9)10;1-5-3-2-4;1-2/h2-9,13H,10-12H2,1H3;1-5,7H,6H2;2-5,10H,6-7H2,1H3;2-5,11H,6-7,10H2,1H3;1-4H;2-4H2,1H3;2H,1H3. The normalized spacial score (nSPS) is 11.6. The van der Waals surface area contributed by atoms with Crippen molar-refractivity contribution in [2.75, 3.05) is 98.0 Å². The number of benzene rings is 6. The van der Waals surface area contributed by atoms with E-state index in [9.17, 15) is 29.4 Å². The Kier molecular flexibility index (Phi) is 32.5. The first-order valence-corrected chi connectivity index (χ1v) is 26.1. The molecule has 1 aromatic heterocycles. The molecule has 0 unspecified atom stereocenters. The molecule has 9 rings (SSSR count). The maximum atomic E-state index is 12.4. The number of nitrogens with zero attached hydrogens (tertiary/aromatic N) is 6. The first kappa shape index (κ1) is 68.0. The van der Waals surface area contributed by atoms with Crippen molar-refractivity contribution in [1.82, 2.24) is 9.55 Å². The summed E-state index contributed by atoms with van der Waals surface area (Å²) in [6.45, 7) is 5.24. The Morgan fingerprint density at radius 2 is 1.20 bits per heavy atom. The molecule has 20 nitrogen and oxygen atoms in total. The van der Waals surface area contributed by atoms with Crippen LogP contribution >= 0.6 is 23.2 Å². The van der Waals surface area contributed by atoms with Crippen molar-refractivity contribution in [3.05, 3.63) is 217 Å². The van der Waals surface area contributed by atoms with Crippen molar-refractivity contribution in [3.8, 4) is 0 Å². The minimum absolute atomic E-state index is 0.0867. The van der Waals surface area contributed by atoms with E-state index in [-0.39, 0.29) is 5.69 Å². The number of allylic oxidation sites excluding steroid dienone is 3. The van der Waals surface area contributed by atoms with Crippen LogP contribution in [0.2, 0.25) is 10.0 Å². The van der Waals surface area contributed by atoms with Crippen molar-refractivity contribution in [2.24, 2.45) is 15.7 Å². The van der Waals surface area contributed by atoms with Crippen LogP contribution in [0.5, 0.6) is 0 Å². The number of carbonyl (C=O) groups is 1. The fourth-order valence-corrected chi connectivity index (χ4v) is 7.45. The third-order valence-corrected chi connectivity index (χ3v) is 11.6. The molecule has 0 saturated carbocycles. The zero-order valence-corrected chi connectivity index (χ0v) is 47.8. The number of nitrogens with two attached hydrogens (primary N) is 2. The molecule has 0 bridgehead atoms. The van der Waals surface area contributed by atoms with Gasteiger partial charge in [0.15, 0.2) is 6.29 Å². The molecular weight excluding hydrogens is 1100 g/mol. The van der Waals surface area contributed by atoms with Gasteiger partial charge < -0.3 is 50.7 Å². The van der Waals surface area contributed by atoms with Gasteiger partial charge in [0, 0.05) is 109 Å². The molecule has 0 fully saturated rings. The summed E-state index contributed by atoms with van der Waals surface area (Å²) in [5.41, 5.74) is 20.4. The Balaban J connectivity index is 0.000000271. The van der Waals surface area contributed by atoms with Crippen LogP contribution in [0.4, 0.5) is 32.8 Å². The number of fused-ring (bicyclic) bond motifs is 1. The third kappa shape index (κ3) is 23.5. The summed E-state index contributed by atoms with van der Waals surface area (Å²) in [7, 11) is 7.61. The number of methoxy groups -OCH3 is 4. The van der Waals surface area contributed by atoms with Crippen molar-refractivity contribution in [2.45, 2.75) is 19.4 Å². The highest BCUT2D eigenvalue weighted by molar-refractivity contribution is 6.31. The highest BCUT2D eigenvalue weighted by Crippen LogP contribution is 2.30. The van der Waals surface area contributed by atoms with Gasteiger partial charge in [-0.15, -0.1) is 0 Å². The van der Waals surface area contributed by atoms with E-state index >= 15 is 0 Å². The van der Waals surface area contributed by atoms with Gasteiger partial charge in [0.25, 0.3) is 5.69 Å². The number of aliphatic hydroxyl groups is 1. The van der Waals surface area contributed by atoms with Crippen molar-refractivity contribution in [3.63, 3.8) is 0 Å².